The van der Waals surface area contributed by atoms with Crippen molar-refractivity contribution in [3.63, 3.8) is 0 Å². The maximum Gasteiger partial charge on any atom is 0.0309 e. The summed E-state index contributed by atoms with van der Waals surface area (Å²) in [6.45, 7) is 9.81. The fraction of sp³-hybridized carbons (Fsp3) is 1.00. The van der Waals surface area contributed by atoms with E-state index in [4.69, 9.17) is 0 Å². The number of hydrogen-bond donors (Lipinski definition) is 1. The molecule has 0 radical (unpaired) electrons. The molecule has 0 amide bonds. The molecule has 1 saturated heterocycles. The van der Waals surface area contributed by atoms with E-state index in [0.717, 1.165) is 23.9 Å². The lowest BCUT2D eigenvalue weighted by atomic mass is 9.86. The number of rotatable bonds is 4. The van der Waals surface area contributed by atoms with Crippen LogP contribution in [0.2, 0.25) is 0 Å². The highest BCUT2D eigenvalue weighted by atomic mass is 15.3. The molecular weight excluding hydrogens is 256 g/mol. The van der Waals surface area contributed by atoms with Crippen LogP contribution in [-0.4, -0.2) is 35.6 Å². The van der Waals surface area contributed by atoms with Crippen LogP contribution in [-0.2, 0) is 0 Å². The van der Waals surface area contributed by atoms with Crippen LogP contribution in [0.5, 0.6) is 0 Å². The summed E-state index contributed by atoms with van der Waals surface area (Å²) in [5, 5.41) is 3.96. The van der Waals surface area contributed by atoms with Crippen LogP contribution in [0.4, 0.5) is 0 Å². The Hall–Kier alpha value is -0.0800. The minimum atomic E-state index is 0.403. The summed E-state index contributed by atoms with van der Waals surface area (Å²) >= 11 is 0. The van der Waals surface area contributed by atoms with Crippen molar-refractivity contribution < 1.29 is 0 Å². The van der Waals surface area contributed by atoms with Crippen molar-refractivity contribution in [2.45, 2.75) is 96.2 Å². The molecule has 2 nitrogen and oxygen atoms in total. The zero-order valence-electron chi connectivity index (χ0n) is 14.5. The van der Waals surface area contributed by atoms with Crippen LogP contribution in [0.25, 0.3) is 0 Å². The molecular formula is C19H36N2. The lowest BCUT2D eigenvalue weighted by Crippen LogP contribution is -2.66. The minimum absolute atomic E-state index is 0.403. The maximum absolute atomic E-state index is 3.96. The van der Waals surface area contributed by atoms with Gasteiger partial charge in [-0.25, -0.2) is 0 Å². The number of hydrogen-bond acceptors (Lipinski definition) is 2. The summed E-state index contributed by atoms with van der Waals surface area (Å²) in [6, 6.07) is 1.65. The van der Waals surface area contributed by atoms with Gasteiger partial charge in [0, 0.05) is 30.7 Å². The van der Waals surface area contributed by atoms with Gasteiger partial charge in [0.15, 0.2) is 0 Å². The predicted molar refractivity (Wildman–Crippen MR) is 90.6 cm³/mol. The molecule has 2 unspecified atom stereocenters. The van der Waals surface area contributed by atoms with Gasteiger partial charge < -0.3 is 5.32 Å². The van der Waals surface area contributed by atoms with Crippen molar-refractivity contribution in [2.75, 3.05) is 13.1 Å². The summed E-state index contributed by atoms with van der Waals surface area (Å²) in [5.74, 6) is 1.76. The number of piperazine rings is 1. The Morgan fingerprint density at radius 2 is 1.71 bits per heavy atom. The number of nitrogens with zero attached hydrogens (tertiary/aromatic N) is 1. The molecule has 3 fully saturated rings. The van der Waals surface area contributed by atoms with E-state index in [1.54, 1.807) is 0 Å². The molecule has 3 aliphatic rings. The van der Waals surface area contributed by atoms with Gasteiger partial charge in [0.2, 0.25) is 0 Å². The molecule has 2 aliphatic carbocycles. The van der Waals surface area contributed by atoms with Crippen molar-refractivity contribution in [3.8, 4) is 0 Å². The van der Waals surface area contributed by atoms with Crippen LogP contribution in [0, 0.1) is 11.8 Å². The predicted octanol–water partition coefficient (Wildman–Crippen LogP) is 4.20. The fourth-order valence-electron chi connectivity index (χ4n) is 4.81. The molecule has 1 N–H and O–H groups in total. The first kappa shape index (κ1) is 15.8. The van der Waals surface area contributed by atoms with Crippen molar-refractivity contribution in [1.82, 2.24) is 10.2 Å². The molecule has 1 heterocycles. The van der Waals surface area contributed by atoms with E-state index < -0.39 is 0 Å². The van der Waals surface area contributed by atoms with Crippen LogP contribution < -0.4 is 5.32 Å². The SMILES string of the molecule is CC(C)CC1CNC(C)(C2CC2)CN1C1CCCCCC1. The zero-order valence-corrected chi connectivity index (χ0v) is 14.5. The largest absolute Gasteiger partial charge is 0.308 e. The van der Waals surface area contributed by atoms with Crippen LogP contribution >= 0.6 is 0 Å². The van der Waals surface area contributed by atoms with Crippen LogP contribution in [0.15, 0.2) is 0 Å². The Bertz CT molecular complexity index is 326. The van der Waals surface area contributed by atoms with E-state index in [0.29, 0.717) is 5.54 Å². The molecule has 2 atom stereocenters. The third-order valence-electron chi connectivity index (χ3n) is 6.24. The molecule has 0 aromatic rings. The Morgan fingerprint density at radius 1 is 1.05 bits per heavy atom. The highest BCUT2D eigenvalue weighted by Gasteiger charge is 2.47. The molecule has 2 saturated carbocycles. The summed E-state index contributed by atoms with van der Waals surface area (Å²) in [6.07, 6.45) is 13.0. The second kappa shape index (κ2) is 6.58. The van der Waals surface area contributed by atoms with Crippen LogP contribution in [0.1, 0.15) is 78.6 Å². The zero-order chi connectivity index (χ0) is 14.9. The molecule has 21 heavy (non-hydrogen) atoms. The van der Waals surface area contributed by atoms with E-state index in [2.05, 4.69) is 31.0 Å². The average Bonchev–Trinajstić information content (AvgIpc) is 3.27. The lowest BCUT2D eigenvalue weighted by molar-refractivity contribution is 0.0239. The van der Waals surface area contributed by atoms with Gasteiger partial charge in [-0.15, -0.1) is 0 Å². The van der Waals surface area contributed by atoms with E-state index in [9.17, 15) is 0 Å². The van der Waals surface area contributed by atoms with Gasteiger partial charge in [-0.05, 0) is 50.9 Å². The minimum Gasteiger partial charge on any atom is -0.308 e. The first-order chi connectivity index (χ1) is 10.1. The second-order valence-electron chi connectivity index (χ2n) is 8.67. The van der Waals surface area contributed by atoms with Crippen molar-refractivity contribution in [1.29, 1.82) is 0 Å². The van der Waals surface area contributed by atoms with E-state index in [1.165, 1.54) is 70.9 Å². The lowest BCUT2D eigenvalue weighted by Gasteiger charge is -2.50. The van der Waals surface area contributed by atoms with Gasteiger partial charge in [0.05, 0.1) is 0 Å². The Labute approximate surface area is 132 Å². The van der Waals surface area contributed by atoms with Gasteiger partial charge in [-0.2, -0.15) is 0 Å². The monoisotopic (exact) mass is 292 g/mol. The van der Waals surface area contributed by atoms with Gasteiger partial charge in [0.1, 0.15) is 0 Å². The number of nitrogens with one attached hydrogen (secondary N) is 1. The first-order valence-corrected chi connectivity index (χ1v) is 9.59. The normalized spacial score (nSPS) is 36.9. The highest BCUT2D eigenvalue weighted by molar-refractivity contribution is 5.05. The molecule has 0 aromatic carbocycles. The third kappa shape index (κ3) is 3.82. The Morgan fingerprint density at radius 3 is 2.29 bits per heavy atom. The van der Waals surface area contributed by atoms with Crippen molar-refractivity contribution in [3.05, 3.63) is 0 Å². The molecule has 0 spiro atoms. The standard InChI is InChI=1S/C19H36N2/c1-15(2)12-18-13-20-19(3,16-10-11-16)14-21(18)17-8-6-4-5-7-9-17/h15-18,20H,4-14H2,1-3H3. The average molecular weight is 293 g/mol. The quantitative estimate of drug-likeness (QED) is 0.781. The molecule has 1 aliphatic heterocycles. The van der Waals surface area contributed by atoms with Gasteiger partial charge in [-0.1, -0.05) is 39.5 Å². The van der Waals surface area contributed by atoms with E-state index in [-0.39, 0.29) is 0 Å². The molecule has 0 aromatic heterocycles. The molecule has 2 heteroatoms. The Kier molecular flexibility index (Phi) is 4.95. The van der Waals surface area contributed by atoms with Crippen LogP contribution in [0.3, 0.4) is 0 Å². The summed E-state index contributed by atoms with van der Waals surface area (Å²) < 4.78 is 0. The first-order valence-electron chi connectivity index (χ1n) is 9.59. The highest BCUT2D eigenvalue weighted by Crippen LogP contribution is 2.42. The summed E-state index contributed by atoms with van der Waals surface area (Å²) in [5.41, 5.74) is 0.403. The van der Waals surface area contributed by atoms with E-state index in [1.807, 2.05) is 0 Å². The molecule has 0 bridgehead atoms. The van der Waals surface area contributed by atoms with Gasteiger partial charge in [-0.3, -0.25) is 4.90 Å². The molecule has 3 rings (SSSR count). The van der Waals surface area contributed by atoms with Gasteiger partial charge in [0.25, 0.3) is 0 Å². The summed E-state index contributed by atoms with van der Waals surface area (Å²) in [4.78, 5) is 2.96. The topological polar surface area (TPSA) is 15.3 Å². The Balaban J connectivity index is 1.71. The smallest absolute Gasteiger partial charge is 0.0309 e. The third-order valence-corrected chi connectivity index (χ3v) is 6.24. The fourth-order valence-corrected chi connectivity index (χ4v) is 4.81. The summed E-state index contributed by atoms with van der Waals surface area (Å²) in [7, 11) is 0. The molecule has 122 valence electrons. The van der Waals surface area contributed by atoms with Crippen molar-refractivity contribution in [2.24, 2.45) is 11.8 Å². The van der Waals surface area contributed by atoms with E-state index >= 15 is 0 Å². The maximum atomic E-state index is 3.96. The second-order valence-corrected chi connectivity index (χ2v) is 8.67. The van der Waals surface area contributed by atoms with Crippen molar-refractivity contribution >= 4 is 0 Å². The van der Waals surface area contributed by atoms with Gasteiger partial charge >= 0.3 is 0 Å².